The molecule has 1 aliphatic heterocycles. The fourth-order valence-corrected chi connectivity index (χ4v) is 1.49. The second kappa shape index (κ2) is 3.22. The first-order valence-electron chi connectivity index (χ1n) is 4.84. The maximum Gasteiger partial charge on any atom is 0.231 e. The van der Waals surface area contributed by atoms with E-state index in [9.17, 15) is 9.18 Å². The minimum Gasteiger partial charge on any atom is -0.380 e. The fourth-order valence-electron chi connectivity index (χ4n) is 1.49. The summed E-state index contributed by atoms with van der Waals surface area (Å²) in [6, 6.07) is 4.63. The van der Waals surface area contributed by atoms with Gasteiger partial charge in [-0.25, -0.2) is 4.39 Å². The van der Waals surface area contributed by atoms with Gasteiger partial charge in [0.05, 0.1) is 16.8 Å². The Kier molecular flexibility index (Phi) is 2.14. The van der Waals surface area contributed by atoms with Crippen molar-refractivity contribution >= 4 is 17.3 Å². The normalized spacial score (nSPS) is 18.5. The first-order chi connectivity index (χ1) is 7.00. The molecule has 0 atom stereocenters. The summed E-state index contributed by atoms with van der Waals surface area (Å²) in [6.07, 6.45) is 0. The number of hydrogen-bond donors (Lipinski definition) is 2. The Morgan fingerprint density at radius 3 is 2.87 bits per heavy atom. The number of hydrogen-bond acceptors (Lipinski definition) is 2. The molecule has 1 aromatic rings. The minimum absolute atomic E-state index is 0.0978. The van der Waals surface area contributed by atoms with Crippen LogP contribution in [0.1, 0.15) is 13.8 Å². The molecule has 3 nitrogen and oxygen atoms in total. The van der Waals surface area contributed by atoms with Crippen molar-refractivity contribution in [2.24, 2.45) is 5.41 Å². The molecule has 0 unspecified atom stereocenters. The average Bonchev–Trinajstić information content (AvgIpc) is 2.26. The van der Waals surface area contributed by atoms with E-state index >= 15 is 0 Å². The highest BCUT2D eigenvalue weighted by atomic mass is 19.1. The molecule has 80 valence electrons. The molecule has 2 rings (SSSR count). The van der Waals surface area contributed by atoms with Gasteiger partial charge < -0.3 is 10.6 Å². The van der Waals surface area contributed by atoms with Gasteiger partial charge in [-0.2, -0.15) is 0 Å². The standard InChI is InChI=1S/C11H13FN2O/c1-11(2)6-13-9-7(12)4-3-5-8(9)14-10(11)15/h3-5,13H,6H2,1-2H3,(H,14,15). The Morgan fingerprint density at radius 1 is 1.40 bits per heavy atom. The van der Waals surface area contributed by atoms with Crippen LogP contribution in [-0.4, -0.2) is 12.5 Å². The predicted molar refractivity (Wildman–Crippen MR) is 57.3 cm³/mol. The lowest BCUT2D eigenvalue weighted by Gasteiger charge is -2.19. The van der Waals surface area contributed by atoms with Gasteiger partial charge in [-0.3, -0.25) is 4.79 Å². The van der Waals surface area contributed by atoms with Gasteiger partial charge in [-0.15, -0.1) is 0 Å². The van der Waals surface area contributed by atoms with Gasteiger partial charge >= 0.3 is 0 Å². The smallest absolute Gasteiger partial charge is 0.231 e. The Bertz CT molecular complexity index is 415. The van der Waals surface area contributed by atoms with Crippen molar-refractivity contribution in [3.05, 3.63) is 24.0 Å². The quantitative estimate of drug-likeness (QED) is 0.686. The summed E-state index contributed by atoms with van der Waals surface area (Å²) < 4.78 is 13.4. The van der Waals surface area contributed by atoms with Crippen molar-refractivity contribution in [2.45, 2.75) is 13.8 Å². The summed E-state index contributed by atoms with van der Waals surface area (Å²) in [7, 11) is 0. The lowest BCUT2D eigenvalue weighted by atomic mass is 9.93. The predicted octanol–water partition coefficient (Wildman–Crippen LogP) is 2.22. The number of anilines is 2. The number of rotatable bonds is 0. The number of nitrogens with one attached hydrogen (secondary N) is 2. The van der Waals surface area contributed by atoms with E-state index in [0.717, 1.165) is 0 Å². The van der Waals surface area contributed by atoms with Crippen molar-refractivity contribution in [2.75, 3.05) is 17.2 Å². The summed E-state index contributed by atoms with van der Waals surface area (Å²) in [5.41, 5.74) is 0.341. The summed E-state index contributed by atoms with van der Waals surface area (Å²) in [5.74, 6) is -0.440. The van der Waals surface area contributed by atoms with Gasteiger partial charge in [0.1, 0.15) is 5.82 Å². The Balaban J connectivity index is 2.44. The maximum atomic E-state index is 13.4. The third kappa shape index (κ3) is 1.67. The van der Waals surface area contributed by atoms with Gasteiger partial charge in [0.2, 0.25) is 5.91 Å². The zero-order chi connectivity index (χ0) is 11.1. The van der Waals surface area contributed by atoms with Crippen LogP contribution < -0.4 is 10.6 Å². The molecular formula is C11H13FN2O. The molecule has 0 aliphatic carbocycles. The van der Waals surface area contributed by atoms with Crippen molar-refractivity contribution in [3.63, 3.8) is 0 Å². The fraction of sp³-hybridized carbons (Fsp3) is 0.364. The number of amides is 1. The molecule has 0 saturated carbocycles. The first-order valence-corrected chi connectivity index (χ1v) is 4.84. The van der Waals surface area contributed by atoms with E-state index in [0.29, 0.717) is 17.9 Å². The molecule has 1 aliphatic rings. The Hall–Kier alpha value is -1.58. The highest BCUT2D eigenvalue weighted by Crippen LogP contribution is 2.31. The lowest BCUT2D eigenvalue weighted by molar-refractivity contribution is -0.123. The molecule has 1 aromatic carbocycles. The van der Waals surface area contributed by atoms with Gasteiger partial charge in [-0.1, -0.05) is 6.07 Å². The van der Waals surface area contributed by atoms with Crippen molar-refractivity contribution in [1.82, 2.24) is 0 Å². The van der Waals surface area contributed by atoms with E-state index in [1.165, 1.54) is 6.07 Å². The monoisotopic (exact) mass is 208 g/mol. The third-order valence-corrected chi connectivity index (χ3v) is 2.58. The SMILES string of the molecule is CC1(C)CNc2c(F)cccc2NC1=O. The average molecular weight is 208 g/mol. The van der Waals surface area contributed by atoms with Gasteiger partial charge in [-0.05, 0) is 26.0 Å². The van der Waals surface area contributed by atoms with Crippen LogP contribution in [0.25, 0.3) is 0 Å². The maximum absolute atomic E-state index is 13.4. The third-order valence-electron chi connectivity index (χ3n) is 2.58. The summed E-state index contributed by atoms with van der Waals surface area (Å²) in [5, 5.41) is 5.67. The highest BCUT2D eigenvalue weighted by Gasteiger charge is 2.31. The molecule has 0 saturated heterocycles. The Morgan fingerprint density at radius 2 is 2.13 bits per heavy atom. The highest BCUT2D eigenvalue weighted by molar-refractivity contribution is 5.99. The summed E-state index contributed by atoms with van der Waals surface area (Å²) in [6.45, 7) is 4.06. The van der Waals surface area contributed by atoms with Crippen molar-refractivity contribution in [1.29, 1.82) is 0 Å². The second-order valence-corrected chi connectivity index (χ2v) is 4.35. The van der Waals surface area contributed by atoms with Crippen molar-refractivity contribution in [3.8, 4) is 0 Å². The number of halogens is 1. The number of fused-ring (bicyclic) bond motifs is 1. The minimum atomic E-state index is -0.536. The molecule has 0 radical (unpaired) electrons. The molecule has 0 aromatic heterocycles. The zero-order valence-corrected chi connectivity index (χ0v) is 8.73. The molecule has 0 bridgehead atoms. The van der Waals surface area contributed by atoms with Gasteiger partial charge in [0.25, 0.3) is 0 Å². The Labute approximate surface area is 87.7 Å². The second-order valence-electron chi connectivity index (χ2n) is 4.35. The zero-order valence-electron chi connectivity index (χ0n) is 8.73. The number of benzene rings is 1. The van der Waals surface area contributed by atoms with Crippen LogP contribution in [0.15, 0.2) is 18.2 Å². The van der Waals surface area contributed by atoms with Gasteiger partial charge in [0, 0.05) is 6.54 Å². The van der Waals surface area contributed by atoms with E-state index in [1.54, 1.807) is 12.1 Å². The number of carbonyl (C=O) groups is 1. The molecule has 15 heavy (non-hydrogen) atoms. The topological polar surface area (TPSA) is 41.1 Å². The summed E-state index contributed by atoms with van der Waals surface area (Å²) in [4.78, 5) is 11.7. The van der Waals surface area contributed by atoms with Crippen LogP contribution in [-0.2, 0) is 4.79 Å². The largest absolute Gasteiger partial charge is 0.380 e. The van der Waals surface area contributed by atoms with E-state index < -0.39 is 5.41 Å². The van der Waals surface area contributed by atoms with Crippen LogP contribution in [0.2, 0.25) is 0 Å². The number of carbonyl (C=O) groups excluding carboxylic acids is 1. The van der Waals surface area contributed by atoms with Crippen LogP contribution in [0, 0.1) is 11.2 Å². The van der Waals surface area contributed by atoms with E-state index in [4.69, 9.17) is 0 Å². The van der Waals surface area contributed by atoms with Crippen LogP contribution in [0.3, 0.4) is 0 Å². The first kappa shape index (κ1) is 9.96. The molecule has 1 amide bonds. The van der Waals surface area contributed by atoms with E-state index in [-0.39, 0.29) is 11.7 Å². The molecule has 1 heterocycles. The van der Waals surface area contributed by atoms with E-state index in [2.05, 4.69) is 10.6 Å². The van der Waals surface area contributed by atoms with E-state index in [1.807, 2.05) is 13.8 Å². The van der Waals surface area contributed by atoms with Crippen LogP contribution >= 0.6 is 0 Å². The molecular weight excluding hydrogens is 195 g/mol. The molecule has 4 heteroatoms. The number of para-hydroxylation sites is 1. The molecule has 2 N–H and O–H groups in total. The van der Waals surface area contributed by atoms with Gasteiger partial charge in [0.15, 0.2) is 0 Å². The van der Waals surface area contributed by atoms with Crippen LogP contribution in [0.5, 0.6) is 0 Å². The summed E-state index contributed by atoms with van der Waals surface area (Å²) >= 11 is 0. The molecule has 0 spiro atoms. The van der Waals surface area contributed by atoms with Crippen LogP contribution in [0.4, 0.5) is 15.8 Å². The lowest BCUT2D eigenvalue weighted by Crippen LogP contribution is -2.34. The van der Waals surface area contributed by atoms with Crippen molar-refractivity contribution < 1.29 is 9.18 Å². The molecule has 0 fully saturated rings.